The van der Waals surface area contributed by atoms with Crippen LogP contribution in [-0.4, -0.2) is 40.9 Å². The van der Waals surface area contributed by atoms with Crippen molar-refractivity contribution in [1.82, 2.24) is 14.6 Å². The number of nitrogens with zero attached hydrogens (tertiary/aromatic N) is 4. The van der Waals surface area contributed by atoms with Crippen molar-refractivity contribution in [2.45, 2.75) is 39.8 Å². The van der Waals surface area contributed by atoms with Crippen LogP contribution < -0.4 is 10.6 Å². The van der Waals surface area contributed by atoms with Gasteiger partial charge in [0.05, 0.1) is 35.9 Å². The number of ether oxygens (including phenoxy) is 1. The van der Waals surface area contributed by atoms with Crippen LogP contribution in [0.5, 0.6) is 0 Å². The lowest BCUT2D eigenvalue weighted by Crippen LogP contribution is -2.37. The van der Waals surface area contributed by atoms with Crippen LogP contribution in [0.15, 0.2) is 24.3 Å². The van der Waals surface area contributed by atoms with Gasteiger partial charge in [-0.05, 0) is 36.5 Å². The van der Waals surface area contributed by atoms with E-state index < -0.39 is 11.7 Å². The summed E-state index contributed by atoms with van der Waals surface area (Å²) in [6.07, 6.45) is -3.42. The van der Waals surface area contributed by atoms with Crippen molar-refractivity contribution in [3.63, 3.8) is 0 Å². The number of nitrogens with two attached hydrogens (primary N) is 1. The number of imidazole rings is 1. The van der Waals surface area contributed by atoms with Gasteiger partial charge in [0.15, 0.2) is 11.5 Å². The molecule has 1 fully saturated rings. The summed E-state index contributed by atoms with van der Waals surface area (Å²) in [5.74, 6) is 1.04. The molecule has 4 rings (SSSR count). The topological polar surface area (TPSA) is 68.7 Å². The molecule has 0 saturated carbocycles. The predicted octanol–water partition coefficient (Wildman–Crippen LogP) is 4.26. The zero-order valence-electron chi connectivity index (χ0n) is 18.5. The highest BCUT2D eigenvalue weighted by atomic mass is 19.4. The van der Waals surface area contributed by atoms with E-state index in [1.54, 1.807) is 10.6 Å². The van der Waals surface area contributed by atoms with Crippen molar-refractivity contribution >= 4 is 17.2 Å². The molecule has 1 aliphatic rings. The Kier molecular flexibility index (Phi) is 6.03. The lowest BCUT2D eigenvalue weighted by Gasteiger charge is -2.27. The van der Waals surface area contributed by atoms with E-state index in [0.29, 0.717) is 61.4 Å². The number of aromatic nitrogens is 3. The molecule has 0 unspecified atom stereocenters. The van der Waals surface area contributed by atoms with Gasteiger partial charge in [0.1, 0.15) is 0 Å². The summed E-state index contributed by atoms with van der Waals surface area (Å²) >= 11 is 0. The Labute approximate surface area is 185 Å². The summed E-state index contributed by atoms with van der Waals surface area (Å²) in [7, 11) is 0. The minimum atomic E-state index is -4.40. The van der Waals surface area contributed by atoms with Crippen LogP contribution in [0.25, 0.3) is 5.65 Å². The molecule has 6 nitrogen and oxygen atoms in total. The third-order valence-electron chi connectivity index (χ3n) is 5.82. The van der Waals surface area contributed by atoms with Gasteiger partial charge in [-0.15, -0.1) is 5.10 Å². The fraction of sp³-hybridized carbons (Fsp3) is 0.478. The first-order valence-corrected chi connectivity index (χ1v) is 10.8. The number of benzene rings is 1. The first-order valence-electron chi connectivity index (χ1n) is 10.8. The average molecular weight is 448 g/mol. The van der Waals surface area contributed by atoms with Crippen molar-refractivity contribution in [3.05, 3.63) is 52.3 Å². The van der Waals surface area contributed by atoms with Gasteiger partial charge in [0.25, 0.3) is 0 Å². The van der Waals surface area contributed by atoms with Crippen molar-refractivity contribution in [2.75, 3.05) is 36.9 Å². The molecule has 0 amide bonds. The second kappa shape index (κ2) is 8.61. The number of hydrogen-bond donors (Lipinski definition) is 1. The second-order valence-electron chi connectivity index (χ2n) is 8.66. The SMILES string of the molecule is Cc1c(Cc2c(CC(C)C)nc3c(N)cc(N4CCOCC4)nn23)cccc1C(F)(F)F. The number of morpholine rings is 1. The Bertz CT molecular complexity index is 1120. The highest BCUT2D eigenvalue weighted by Gasteiger charge is 2.33. The van der Waals surface area contributed by atoms with Crippen LogP contribution in [0.1, 0.15) is 41.9 Å². The molecule has 2 N–H and O–H groups in total. The second-order valence-corrected chi connectivity index (χ2v) is 8.66. The molecular formula is C23H28F3N5O. The van der Waals surface area contributed by atoms with E-state index >= 15 is 0 Å². The van der Waals surface area contributed by atoms with E-state index in [2.05, 4.69) is 18.7 Å². The van der Waals surface area contributed by atoms with Crippen LogP contribution in [0.2, 0.25) is 0 Å². The first kappa shape index (κ1) is 22.4. The Morgan fingerprint density at radius 3 is 2.56 bits per heavy atom. The Morgan fingerprint density at radius 2 is 1.91 bits per heavy atom. The molecule has 32 heavy (non-hydrogen) atoms. The molecule has 2 aromatic heterocycles. The summed E-state index contributed by atoms with van der Waals surface area (Å²) in [6.45, 7) is 8.31. The van der Waals surface area contributed by atoms with Gasteiger partial charge < -0.3 is 15.4 Å². The van der Waals surface area contributed by atoms with Crippen LogP contribution in [0, 0.1) is 12.8 Å². The minimum absolute atomic E-state index is 0.225. The lowest BCUT2D eigenvalue weighted by atomic mass is 9.96. The largest absolute Gasteiger partial charge is 0.416 e. The smallest absolute Gasteiger partial charge is 0.396 e. The number of alkyl halides is 3. The van der Waals surface area contributed by atoms with E-state index in [4.69, 9.17) is 20.6 Å². The molecule has 1 saturated heterocycles. The van der Waals surface area contributed by atoms with Crippen LogP contribution >= 0.6 is 0 Å². The number of rotatable bonds is 5. The number of halogens is 3. The maximum atomic E-state index is 13.5. The van der Waals surface area contributed by atoms with Gasteiger partial charge in [0.2, 0.25) is 0 Å². The van der Waals surface area contributed by atoms with E-state index in [0.717, 1.165) is 17.5 Å². The molecule has 0 spiro atoms. The zero-order chi connectivity index (χ0) is 23.0. The summed E-state index contributed by atoms with van der Waals surface area (Å²) in [5.41, 5.74) is 9.19. The quantitative estimate of drug-likeness (QED) is 0.633. The van der Waals surface area contributed by atoms with E-state index in [-0.39, 0.29) is 12.0 Å². The molecule has 1 aliphatic heterocycles. The lowest BCUT2D eigenvalue weighted by molar-refractivity contribution is -0.138. The molecule has 0 bridgehead atoms. The monoisotopic (exact) mass is 447 g/mol. The molecule has 0 aliphatic carbocycles. The number of nitrogen functional groups attached to an aromatic ring is 1. The molecule has 9 heteroatoms. The van der Waals surface area contributed by atoms with E-state index in [1.165, 1.54) is 13.0 Å². The molecular weight excluding hydrogens is 419 g/mol. The fourth-order valence-electron chi connectivity index (χ4n) is 4.16. The summed E-state index contributed by atoms with van der Waals surface area (Å²) in [4.78, 5) is 6.84. The van der Waals surface area contributed by atoms with E-state index in [9.17, 15) is 13.2 Å². The third kappa shape index (κ3) is 4.39. The Hall–Kier alpha value is -2.81. The van der Waals surface area contributed by atoms with Gasteiger partial charge in [0, 0.05) is 25.6 Å². The van der Waals surface area contributed by atoms with Crippen LogP contribution in [0.4, 0.5) is 24.7 Å². The van der Waals surface area contributed by atoms with Crippen molar-refractivity contribution in [3.8, 4) is 0 Å². The third-order valence-corrected chi connectivity index (χ3v) is 5.82. The van der Waals surface area contributed by atoms with Crippen molar-refractivity contribution in [2.24, 2.45) is 5.92 Å². The summed E-state index contributed by atoms with van der Waals surface area (Å²) in [6, 6.07) is 6.12. The molecule has 1 aromatic carbocycles. The zero-order valence-corrected chi connectivity index (χ0v) is 18.5. The molecule has 0 atom stereocenters. The predicted molar refractivity (Wildman–Crippen MR) is 118 cm³/mol. The maximum absolute atomic E-state index is 13.5. The molecule has 3 aromatic rings. The standard InChI is InChI=1S/C23H28F3N5O/c1-14(2)11-19-20(12-16-5-4-6-17(15(16)3)23(24,25)26)31-22(28-19)18(27)13-21(29-31)30-7-9-32-10-8-30/h4-6,13-14H,7-12,27H2,1-3H3. The van der Waals surface area contributed by atoms with Gasteiger partial charge >= 0.3 is 6.18 Å². The van der Waals surface area contributed by atoms with E-state index in [1.807, 2.05) is 6.07 Å². The number of hydrogen-bond acceptors (Lipinski definition) is 5. The normalized spacial score (nSPS) is 15.2. The van der Waals surface area contributed by atoms with Gasteiger partial charge in [-0.25, -0.2) is 9.50 Å². The molecule has 172 valence electrons. The maximum Gasteiger partial charge on any atom is 0.416 e. The minimum Gasteiger partial charge on any atom is -0.396 e. The highest BCUT2D eigenvalue weighted by molar-refractivity contribution is 5.69. The Balaban J connectivity index is 1.84. The molecule has 0 radical (unpaired) electrons. The van der Waals surface area contributed by atoms with Crippen LogP contribution in [0.3, 0.4) is 0 Å². The fourth-order valence-corrected chi connectivity index (χ4v) is 4.16. The van der Waals surface area contributed by atoms with Gasteiger partial charge in [-0.2, -0.15) is 13.2 Å². The van der Waals surface area contributed by atoms with Crippen LogP contribution in [-0.2, 0) is 23.8 Å². The number of fused-ring (bicyclic) bond motifs is 1. The highest BCUT2D eigenvalue weighted by Crippen LogP contribution is 2.34. The number of anilines is 2. The van der Waals surface area contributed by atoms with Crippen molar-refractivity contribution in [1.29, 1.82) is 0 Å². The Morgan fingerprint density at radius 1 is 1.19 bits per heavy atom. The summed E-state index contributed by atoms with van der Waals surface area (Å²) in [5, 5.41) is 4.81. The summed E-state index contributed by atoms with van der Waals surface area (Å²) < 4.78 is 47.5. The van der Waals surface area contributed by atoms with Gasteiger partial charge in [-0.3, -0.25) is 0 Å². The average Bonchev–Trinajstić information content (AvgIpc) is 3.06. The first-order chi connectivity index (χ1) is 15.1. The molecule has 3 heterocycles. The van der Waals surface area contributed by atoms with Gasteiger partial charge in [-0.1, -0.05) is 26.0 Å². The van der Waals surface area contributed by atoms with Crippen molar-refractivity contribution < 1.29 is 17.9 Å².